The number of aromatic nitrogens is 3. The average molecular weight is 293 g/mol. The molecule has 2 N–H and O–H groups in total. The summed E-state index contributed by atoms with van der Waals surface area (Å²) in [6, 6.07) is 8.06. The number of H-pyrrole nitrogens is 2. The Morgan fingerprint density at radius 1 is 1.45 bits per heavy atom. The zero-order valence-corrected chi connectivity index (χ0v) is 12.5. The Morgan fingerprint density at radius 2 is 2.30 bits per heavy atom. The third kappa shape index (κ3) is 4.77. The summed E-state index contributed by atoms with van der Waals surface area (Å²) in [6.07, 6.45) is 0. The zero-order valence-electron chi connectivity index (χ0n) is 11.7. The fourth-order valence-corrected chi connectivity index (χ4v) is 2.67. The predicted molar refractivity (Wildman–Crippen MR) is 81.2 cm³/mol. The molecule has 2 rings (SSSR count). The van der Waals surface area contributed by atoms with E-state index < -0.39 is 0 Å². The summed E-state index contributed by atoms with van der Waals surface area (Å²) in [5.41, 5.74) is 0.948. The van der Waals surface area contributed by atoms with Gasteiger partial charge in [0.25, 0.3) is 0 Å². The molecule has 1 heterocycles. The molecule has 0 aliphatic heterocycles. The van der Waals surface area contributed by atoms with Crippen LogP contribution in [0.25, 0.3) is 0 Å². The number of ether oxygens (including phenoxy) is 1. The van der Waals surface area contributed by atoms with Gasteiger partial charge in [0.1, 0.15) is 11.6 Å². The first-order chi connectivity index (χ1) is 9.63. The van der Waals surface area contributed by atoms with Crippen LogP contribution in [0.15, 0.2) is 29.1 Å². The van der Waals surface area contributed by atoms with Crippen molar-refractivity contribution in [3.05, 3.63) is 46.1 Å². The number of hydrogen-bond acceptors (Lipinski definition) is 4. The van der Waals surface area contributed by atoms with Crippen molar-refractivity contribution >= 4 is 11.8 Å². The van der Waals surface area contributed by atoms with Gasteiger partial charge in [0.05, 0.1) is 12.4 Å². The number of aromatic amines is 2. The molecule has 0 bridgehead atoms. The van der Waals surface area contributed by atoms with Crippen LogP contribution < -0.4 is 10.4 Å². The molecule has 20 heavy (non-hydrogen) atoms. The Morgan fingerprint density at radius 3 is 3.00 bits per heavy atom. The molecule has 0 amide bonds. The first-order valence-electron chi connectivity index (χ1n) is 6.54. The number of rotatable bonds is 7. The lowest BCUT2D eigenvalue weighted by molar-refractivity contribution is 0.273. The largest absolute Gasteiger partial charge is 0.493 e. The highest BCUT2D eigenvalue weighted by Crippen LogP contribution is 2.16. The topological polar surface area (TPSA) is 70.8 Å². The van der Waals surface area contributed by atoms with E-state index in [0.717, 1.165) is 11.5 Å². The van der Waals surface area contributed by atoms with E-state index in [1.54, 1.807) is 11.8 Å². The first kappa shape index (κ1) is 14.7. The normalized spacial score (nSPS) is 12.3. The third-order valence-electron chi connectivity index (χ3n) is 2.72. The lowest BCUT2D eigenvalue weighted by Gasteiger charge is -2.12. The van der Waals surface area contributed by atoms with E-state index in [1.165, 1.54) is 5.56 Å². The van der Waals surface area contributed by atoms with Crippen molar-refractivity contribution in [2.24, 2.45) is 5.92 Å². The monoisotopic (exact) mass is 293 g/mol. The Hall–Kier alpha value is -1.69. The van der Waals surface area contributed by atoms with Crippen LogP contribution in [-0.4, -0.2) is 27.5 Å². The Kier molecular flexibility index (Phi) is 5.29. The second-order valence-electron chi connectivity index (χ2n) is 4.87. The molecule has 2 aromatic rings. The molecule has 0 radical (unpaired) electrons. The minimum Gasteiger partial charge on any atom is -0.493 e. The summed E-state index contributed by atoms with van der Waals surface area (Å²) in [7, 11) is 0. The molecule has 1 unspecified atom stereocenters. The number of aryl methyl sites for hydroxylation is 1. The quantitative estimate of drug-likeness (QED) is 0.822. The number of thioether (sulfide) groups is 1. The van der Waals surface area contributed by atoms with Crippen LogP contribution in [0.2, 0.25) is 0 Å². The molecule has 1 aromatic carbocycles. The predicted octanol–water partition coefficient (Wildman–Crippen LogP) is 2.35. The molecule has 0 saturated carbocycles. The van der Waals surface area contributed by atoms with Gasteiger partial charge in [-0.3, -0.25) is 4.98 Å². The maximum absolute atomic E-state index is 10.9. The highest BCUT2D eigenvalue weighted by atomic mass is 32.2. The average Bonchev–Trinajstić information content (AvgIpc) is 2.82. The molecule has 0 aliphatic rings. The van der Waals surface area contributed by atoms with Crippen molar-refractivity contribution < 1.29 is 4.74 Å². The lowest BCUT2D eigenvalue weighted by Crippen LogP contribution is -2.11. The standard InChI is InChI=1S/C14H19N3O2S/c1-10-4-3-5-12(6-10)19-7-11(2)8-20-9-13-15-14(18)17-16-13/h3-6,11H,7-9H2,1-2H3,(H2,15,16,17,18). The van der Waals surface area contributed by atoms with Crippen molar-refractivity contribution in [1.29, 1.82) is 0 Å². The van der Waals surface area contributed by atoms with Gasteiger partial charge >= 0.3 is 5.69 Å². The fraction of sp³-hybridized carbons (Fsp3) is 0.429. The molecule has 0 spiro atoms. The number of benzene rings is 1. The highest BCUT2D eigenvalue weighted by molar-refractivity contribution is 7.98. The van der Waals surface area contributed by atoms with Gasteiger partial charge in [-0.1, -0.05) is 19.1 Å². The Bertz CT molecular complexity index is 594. The van der Waals surface area contributed by atoms with Gasteiger partial charge in [-0.15, -0.1) is 0 Å². The van der Waals surface area contributed by atoms with Crippen LogP contribution in [-0.2, 0) is 5.75 Å². The molecule has 1 atom stereocenters. The highest BCUT2D eigenvalue weighted by Gasteiger charge is 2.05. The maximum Gasteiger partial charge on any atom is 0.340 e. The molecule has 108 valence electrons. The van der Waals surface area contributed by atoms with E-state index in [9.17, 15) is 4.79 Å². The first-order valence-corrected chi connectivity index (χ1v) is 7.69. The van der Waals surface area contributed by atoms with E-state index in [-0.39, 0.29) is 5.69 Å². The van der Waals surface area contributed by atoms with Crippen molar-refractivity contribution in [1.82, 2.24) is 15.2 Å². The SMILES string of the molecule is Cc1cccc(OCC(C)CSCc2n[nH]c(=O)[nH]2)c1. The Labute approximate surface area is 122 Å². The molecule has 1 aromatic heterocycles. The Balaban J connectivity index is 1.67. The van der Waals surface area contributed by atoms with Crippen LogP contribution >= 0.6 is 11.8 Å². The van der Waals surface area contributed by atoms with E-state index in [4.69, 9.17) is 4.74 Å². The van der Waals surface area contributed by atoms with Crippen molar-refractivity contribution in [3.8, 4) is 5.75 Å². The van der Waals surface area contributed by atoms with E-state index in [2.05, 4.69) is 35.1 Å². The van der Waals surface area contributed by atoms with Gasteiger partial charge in [-0.05, 0) is 36.3 Å². The summed E-state index contributed by atoms with van der Waals surface area (Å²) in [4.78, 5) is 13.5. The molecule has 5 nitrogen and oxygen atoms in total. The summed E-state index contributed by atoms with van der Waals surface area (Å²) in [5.74, 6) is 3.70. The van der Waals surface area contributed by atoms with Gasteiger partial charge in [-0.2, -0.15) is 16.9 Å². The van der Waals surface area contributed by atoms with E-state index in [0.29, 0.717) is 24.1 Å². The minimum atomic E-state index is -0.253. The van der Waals surface area contributed by atoms with Crippen LogP contribution in [0.5, 0.6) is 5.75 Å². The summed E-state index contributed by atoms with van der Waals surface area (Å²) < 4.78 is 5.76. The molecular formula is C14H19N3O2S. The molecule has 6 heteroatoms. The summed E-state index contributed by atoms with van der Waals surface area (Å²) in [6.45, 7) is 4.89. The van der Waals surface area contributed by atoms with Crippen LogP contribution in [0.3, 0.4) is 0 Å². The van der Waals surface area contributed by atoms with Crippen LogP contribution in [0.1, 0.15) is 18.3 Å². The van der Waals surface area contributed by atoms with Crippen molar-refractivity contribution in [2.75, 3.05) is 12.4 Å². The molecule has 0 aliphatic carbocycles. The van der Waals surface area contributed by atoms with Gasteiger partial charge in [0, 0.05) is 0 Å². The van der Waals surface area contributed by atoms with Crippen molar-refractivity contribution in [2.45, 2.75) is 19.6 Å². The van der Waals surface area contributed by atoms with E-state index in [1.807, 2.05) is 18.2 Å². The third-order valence-corrected chi connectivity index (χ3v) is 4.00. The van der Waals surface area contributed by atoms with Gasteiger partial charge in [0.2, 0.25) is 0 Å². The number of nitrogens with one attached hydrogen (secondary N) is 2. The molecule has 0 fully saturated rings. The second kappa shape index (κ2) is 7.19. The van der Waals surface area contributed by atoms with E-state index >= 15 is 0 Å². The van der Waals surface area contributed by atoms with Crippen LogP contribution in [0, 0.1) is 12.8 Å². The molecular weight excluding hydrogens is 274 g/mol. The zero-order chi connectivity index (χ0) is 14.4. The van der Waals surface area contributed by atoms with Gasteiger partial charge < -0.3 is 4.74 Å². The summed E-state index contributed by atoms with van der Waals surface area (Å²) in [5, 5.41) is 6.23. The van der Waals surface area contributed by atoms with Crippen LogP contribution in [0.4, 0.5) is 0 Å². The minimum absolute atomic E-state index is 0.253. The number of nitrogens with zero attached hydrogens (tertiary/aromatic N) is 1. The second-order valence-corrected chi connectivity index (χ2v) is 5.90. The number of hydrogen-bond donors (Lipinski definition) is 2. The molecule has 0 saturated heterocycles. The summed E-state index contributed by atoms with van der Waals surface area (Å²) >= 11 is 1.73. The van der Waals surface area contributed by atoms with Crippen molar-refractivity contribution in [3.63, 3.8) is 0 Å². The van der Waals surface area contributed by atoms with Gasteiger partial charge in [-0.25, -0.2) is 9.89 Å². The smallest absolute Gasteiger partial charge is 0.340 e. The lowest BCUT2D eigenvalue weighted by atomic mass is 10.2. The maximum atomic E-state index is 10.9. The fourth-order valence-electron chi connectivity index (χ4n) is 1.72. The van der Waals surface area contributed by atoms with Gasteiger partial charge in [0.15, 0.2) is 0 Å².